The van der Waals surface area contributed by atoms with Gasteiger partial charge in [-0.2, -0.15) is 0 Å². The fourth-order valence-electron chi connectivity index (χ4n) is 4.85. The Bertz CT molecular complexity index is 1190. The average molecular weight is 449 g/mol. The van der Waals surface area contributed by atoms with E-state index >= 15 is 0 Å². The van der Waals surface area contributed by atoms with E-state index in [1.807, 2.05) is 36.7 Å². The highest BCUT2D eigenvalue weighted by atomic mass is 32.1. The number of nitrogens with zero attached hydrogens (tertiary/aromatic N) is 4. The van der Waals surface area contributed by atoms with Crippen molar-refractivity contribution in [2.45, 2.75) is 13.3 Å². The van der Waals surface area contributed by atoms with E-state index in [-0.39, 0.29) is 11.8 Å². The van der Waals surface area contributed by atoms with Crippen molar-refractivity contribution in [1.82, 2.24) is 19.3 Å². The number of aromatic nitrogens is 1. The van der Waals surface area contributed by atoms with Gasteiger partial charge in [0.05, 0.1) is 5.57 Å². The van der Waals surface area contributed by atoms with Crippen LogP contribution < -0.4 is 0 Å². The average Bonchev–Trinajstić information content (AvgIpc) is 3.51. The maximum atomic E-state index is 13.6. The maximum absolute atomic E-state index is 13.6. The lowest BCUT2D eigenvalue weighted by molar-refractivity contribution is -0.137. The number of rotatable bonds is 6. The quantitative estimate of drug-likeness (QED) is 0.544. The molecule has 3 aromatic rings. The molecule has 0 radical (unpaired) electrons. The lowest BCUT2D eigenvalue weighted by Crippen LogP contribution is -2.47. The minimum Gasteiger partial charge on any atom is -0.364 e. The summed E-state index contributed by atoms with van der Waals surface area (Å²) in [6, 6.07) is 12.1. The highest BCUT2D eigenvalue weighted by Crippen LogP contribution is 2.34. The molecule has 6 nitrogen and oxygen atoms in total. The minimum absolute atomic E-state index is 0.149. The number of likely N-dealkylation sites (N-methyl/N-ethyl adjacent to an activating group) is 1. The molecule has 166 valence electrons. The molecule has 4 heterocycles. The Kier molecular flexibility index (Phi) is 5.61. The molecule has 2 aromatic heterocycles. The number of thiophene rings is 1. The zero-order valence-electron chi connectivity index (χ0n) is 18.6. The van der Waals surface area contributed by atoms with Crippen LogP contribution in [0, 0.1) is 0 Å². The Morgan fingerprint density at radius 1 is 0.969 bits per heavy atom. The molecule has 32 heavy (non-hydrogen) atoms. The molecule has 0 saturated carbocycles. The Morgan fingerprint density at radius 2 is 1.75 bits per heavy atom. The van der Waals surface area contributed by atoms with Crippen LogP contribution in [0.1, 0.15) is 17.4 Å². The van der Waals surface area contributed by atoms with Gasteiger partial charge in [0.15, 0.2) is 0 Å². The molecule has 0 N–H and O–H groups in total. The van der Waals surface area contributed by atoms with Crippen LogP contribution >= 0.6 is 11.3 Å². The molecule has 1 fully saturated rings. The summed E-state index contributed by atoms with van der Waals surface area (Å²) in [6.07, 6.45) is 2.75. The molecule has 0 spiro atoms. The molecule has 5 rings (SSSR count). The van der Waals surface area contributed by atoms with Crippen molar-refractivity contribution < 1.29 is 9.59 Å². The molecule has 2 amide bonds. The number of aryl methyl sites for hydroxylation is 1. The summed E-state index contributed by atoms with van der Waals surface area (Å²) in [5.74, 6) is -0.311. The largest absolute Gasteiger partial charge is 0.364 e. The van der Waals surface area contributed by atoms with E-state index in [1.54, 1.807) is 0 Å². The number of carbonyl (C=O) groups excluding carboxylic acids is 2. The number of hydrogen-bond donors (Lipinski definition) is 0. The SMILES string of the molecule is CCN1CCN(C2=C(c3cccs3)C(=O)N(CCc3cn(C)c4ccccc34)C2=O)CC1. The summed E-state index contributed by atoms with van der Waals surface area (Å²) >= 11 is 1.52. The topological polar surface area (TPSA) is 48.8 Å². The van der Waals surface area contributed by atoms with Gasteiger partial charge in [-0.05, 0) is 36.0 Å². The van der Waals surface area contributed by atoms with Crippen molar-refractivity contribution in [3.63, 3.8) is 0 Å². The smallest absolute Gasteiger partial charge is 0.277 e. The van der Waals surface area contributed by atoms with Crippen molar-refractivity contribution in [2.24, 2.45) is 7.05 Å². The summed E-state index contributed by atoms with van der Waals surface area (Å²) in [7, 11) is 2.03. The van der Waals surface area contributed by atoms with E-state index in [2.05, 4.69) is 39.6 Å². The van der Waals surface area contributed by atoms with E-state index in [0.717, 1.165) is 48.7 Å². The van der Waals surface area contributed by atoms with Crippen LogP contribution in [0.3, 0.4) is 0 Å². The Labute approximate surface area is 192 Å². The number of piperazine rings is 1. The van der Waals surface area contributed by atoms with Gasteiger partial charge in [-0.15, -0.1) is 11.3 Å². The summed E-state index contributed by atoms with van der Waals surface area (Å²) in [5.41, 5.74) is 3.49. The van der Waals surface area contributed by atoms with Gasteiger partial charge >= 0.3 is 0 Å². The monoisotopic (exact) mass is 448 g/mol. The highest BCUT2D eigenvalue weighted by Gasteiger charge is 2.42. The third-order valence-corrected chi connectivity index (χ3v) is 7.52. The van der Waals surface area contributed by atoms with Crippen molar-refractivity contribution in [3.05, 3.63) is 64.1 Å². The van der Waals surface area contributed by atoms with Crippen molar-refractivity contribution in [1.29, 1.82) is 0 Å². The second kappa shape index (κ2) is 8.56. The molecule has 2 aliphatic heterocycles. The van der Waals surface area contributed by atoms with Crippen molar-refractivity contribution >= 4 is 39.6 Å². The van der Waals surface area contributed by atoms with Gasteiger partial charge in [0.2, 0.25) is 0 Å². The molecule has 1 saturated heterocycles. The number of hydrogen-bond acceptors (Lipinski definition) is 5. The first-order chi connectivity index (χ1) is 15.6. The molecular weight excluding hydrogens is 420 g/mol. The Balaban J connectivity index is 1.42. The predicted molar refractivity (Wildman–Crippen MR) is 128 cm³/mol. The van der Waals surface area contributed by atoms with E-state index < -0.39 is 0 Å². The van der Waals surface area contributed by atoms with Gasteiger partial charge in [0.1, 0.15) is 5.70 Å². The molecule has 2 aliphatic rings. The first kappa shape index (κ1) is 21.0. The van der Waals surface area contributed by atoms with Crippen LogP contribution in [-0.4, -0.2) is 70.3 Å². The zero-order chi connectivity index (χ0) is 22.2. The normalized spacial score (nSPS) is 17.9. The summed E-state index contributed by atoms with van der Waals surface area (Å²) in [6.45, 7) is 6.92. The van der Waals surface area contributed by atoms with Gasteiger partial charge in [-0.3, -0.25) is 14.5 Å². The van der Waals surface area contributed by atoms with Crippen LogP contribution in [0.4, 0.5) is 0 Å². The second-order valence-corrected chi connectivity index (χ2v) is 9.36. The van der Waals surface area contributed by atoms with Gasteiger partial charge in [0.25, 0.3) is 11.8 Å². The molecular formula is C25H28N4O2S. The Morgan fingerprint density at radius 3 is 2.47 bits per heavy atom. The molecule has 0 atom stereocenters. The van der Waals surface area contributed by atoms with Crippen LogP contribution in [0.15, 0.2) is 53.7 Å². The van der Waals surface area contributed by atoms with Gasteiger partial charge in [-0.1, -0.05) is 31.2 Å². The van der Waals surface area contributed by atoms with Crippen molar-refractivity contribution in [2.75, 3.05) is 39.3 Å². The lowest BCUT2D eigenvalue weighted by Gasteiger charge is -2.35. The number of benzene rings is 1. The zero-order valence-corrected chi connectivity index (χ0v) is 19.4. The minimum atomic E-state index is -0.161. The number of fused-ring (bicyclic) bond motifs is 1. The van der Waals surface area contributed by atoms with E-state index in [4.69, 9.17) is 0 Å². The third-order valence-electron chi connectivity index (χ3n) is 6.63. The molecule has 7 heteroatoms. The summed E-state index contributed by atoms with van der Waals surface area (Å²) in [4.78, 5) is 33.9. The van der Waals surface area contributed by atoms with Crippen LogP contribution in [0.5, 0.6) is 0 Å². The highest BCUT2D eigenvalue weighted by molar-refractivity contribution is 7.11. The van der Waals surface area contributed by atoms with Gasteiger partial charge in [-0.25, -0.2) is 0 Å². The number of amides is 2. The fraction of sp³-hybridized carbons (Fsp3) is 0.360. The standard InChI is InChI=1S/C25H28N4O2S/c1-3-27-12-14-28(15-13-27)23-22(21-9-6-16-32-21)24(30)29(25(23)31)11-10-18-17-26(2)20-8-5-4-7-19(18)20/h4-9,16-17H,3,10-15H2,1-2H3. The first-order valence-corrected chi connectivity index (χ1v) is 12.1. The summed E-state index contributed by atoms with van der Waals surface area (Å²) < 4.78 is 2.10. The van der Waals surface area contributed by atoms with Crippen LogP contribution in [0.2, 0.25) is 0 Å². The van der Waals surface area contributed by atoms with Gasteiger partial charge < -0.3 is 14.4 Å². The maximum Gasteiger partial charge on any atom is 0.277 e. The predicted octanol–water partition coefficient (Wildman–Crippen LogP) is 3.20. The number of imide groups is 1. The van der Waals surface area contributed by atoms with E-state index in [9.17, 15) is 9.59 Å². The van der Waals surface area contributed by atoms with Crippen LogP contribution in [-0.2, 0) is 23.1 Å². The molecule has 0 aliphatic carbocycles. The van der Waals surface area contributed by atoms with Gasteiger partial charge in [0, 0.05) is 61.7 Å². The van der Waals surface area contributed by atoms with Crippen molar-refractivity contribution in [3.8, 4) is 0 Å². The third kappa shape index (κ3) is 3.55. The molecule has 0 bridgehead atoms. The van der Waals surface area contributed by atoms with Crippen LogP contribution in [0.25, 0.3) is 16.5 Å². The fourth-order valence-corrected chi connectivity index (χ4v) is 5.61. The first-order valence-electron chi connectivity index (χ1n) is 11.2. The number of carbonyl (C=O) groups is 2. The summed E-state index contributed by atoms with van der Waals surface area (Å²) in [5, 5.41) is 3.14. The Hall–Kier alpha value is -2.90. The molecule has 1 aromatic carbocycles. The van der Waals surface area contributed by atoms with E-state index in [0.29, 0.717) is 24.2 Å². The van der Waals surface area contributed by atoms with E-state index in [1.165, 1.54) is 21.6 Å². The molecule has 0 unspecified atom stereocenters. The lowest BCUT2D eigenvalue weighted by atomic mass is 10.1. The second-order valence-electron chi connectivity index (χ2n) is 8.42. The number of para-hydroxylation sites is 1.